The van der Waals surface area contributed by atoms with E-state index in [0.29, 0.717) is 10.7 Å². The van der Waals surface area contributed by atoms with Crippen molar-refractivity contribution in [3.05, 3.63) is 193 Å². The zero-order valence-corrected chi connectivity index (χ0v) is 34.0. The van der Waals surface area contributed by atoms with Gasteiger partial charge in [-0.15, -0.1) is 8.80 Å². The average molecular weight is 809 g/mol. The Morgan fingerprint density at radius 3 is 0.967 bits per heavy atom. The minimum atomic E-state index is -4.05. The third-order valence-corrected chi connectivity index (χ3v) is 13.2. The van der Waals surface area contributed by atoms with Gasteiger partial charge < -0.3 is 19.6 Å². The van der Waals surface area contributed by atoms with Crippen molar-refractivity contribution in [2.45, 2.75) is 0 Å². The molecular weight excluding hydrogens is 773 g/mol. The van der Waals surface area contributed by atoms with Crippen LogP contribution in [0.25, 0.3) is 43.8 Å². The van der Waals surface area contributed by atoms with Gasteiger partial charge in [-0.2, -0.15) is 8.42 Å². The van der Waals surface area contributed by atoms with Crippen molar-refractivity contribution in [3.63, 3.8) is 0 Å². The van der Waals surface area contributed by atoms with Gasteiger partial charge in [-0.3, -0.25) is 0 Å². The number of hydrogen-bond donors (Lipinski definition) is 0. The van der Waals surface area contributed by atoms with E-state index in [9.17, 15) is 8.42 Å². The standard InChI is InChI=1S/C52H36N6O2S/c1-55-43-11-3-7-15-47(43)57(48-16-8-4-12-44(48)55)37-25-19-33(20-26-37)35-23-29-39-40-30-24-36(32-42(40)52-51(41(39)31-35)53-61(59,60)54-52)34-21-27-38(28-22-34)58-49-17-9-5-13-45(49)56(2)46-14-6-10-18-50(46)58/h3-32H,1-2H3. The smallest absolute Gasteiger partial charge is 0.341 e. The number of benzene rings is 9. The summed E-state index contributed by atoms with van der Waals surface area (Å²) in [4.78, 5) is 9.06. The number of hydrogen-bond acceptors (Lipinski definition) is 6. The van der Waals surface area contributed by atoms with E-state index < -0.39 is 10.2 Å². The molecule has 9 heteroatoms. The summed E-state index contributed by atoms with van der Waals surface area (Å²) in [5, 5.41) is 4.11. The molecule has 0 aromatic heterocycles. The normalized spacial score (nSPS) is 14.5. The fourth-order valence-electron chi connectivity index (χ4n) is 9.43. The van der Waals surface area contributed by atoms with E-state index in [1.165, 1.54) is 0 Å². The minimum absolute atomic E-state index is 0.381. The molecule has 0 saturated carbocycles. The van der Waals surface area contributed by atoms with Gasteiger partial charge in [0.2, 0.25) is 0 Å². The molecule has 3 aliphatic rings. The highest BCUT2D eigenvalue weighted by molar-refractivity contribution is 7.88. The van der Waals surface area contributed by atoms with Crippen molar-refractivity contribution in [1.82, 2.24) is 0 Å². The van der Waals surface area contributed by atoms with E-state index in [4.69, 9.17) is 0 Å². The monoisotopic (exact) mass is 808 g/mol. The van der Waals surface area contributed by atoms with Gasteiger partial charge in [0.05, 0.1) is 45.5 Å². The van der Waals surface area contributed by atoms with Crippen LogP contribution in [0.5, 0.6) is 0 Å². The molecule has 0 N–H and O–H groups in total. The lowest BCUT2D eigenvalue weighted by atomic mass is 9.94. The van der Waals surface area contributed by atoms with E-state index in [1.54, 1.807) is 0 Å². The Kier molecular flexibility index (Phi) is 7.58. The predicted octanol–water partition coefficient (Wildman–Crippen LogP) is 11.9. The number of anilines is 10. The highest BCUT2D eigenvalue weighted by Crippen LogP contribution is 2.52. The van der Waals surface area contributed by atoms with Gasteiger partial charge >= 0.3 is 10.2 Å². The lowest BCUT2D eigenvalue weighted by Gasteiger charge is -2.38. The van der Waals surface area contributed by atoms with Gasteiger partial charge in [0.1, 0.15) is 10.7 Å². The van der Waals surface area contributed by atoms with Crippen LogP contribution in [0.3, 0.4) is 0 Å². The Bertz CT molecular complexity index is 3230. The minimum Gasteiger partial charge on any atom is -0.341 e. The number of para-hydroxylation sites is 8. The maximum absolute atomic E-state index is 13.1. The molecule has 0 unspecified atom stereocenters. The van der Waals surface area contributed by atoms with Crippen molar-refractivity contribution in [2.24, 2.45) is 8.80 Å². The molecule has 0 bridgehead atoms. The molecule has 0 fully saturated rings. The summed E-state index contributed by atoms with van der Waals surface area (Å²) in [6.45, 7) is 0. The summed E-state index contributed by atoms with van der Waals surface area (Å²) < 4.78 is 34.6. The quantitative estimate of drug-likeness (QED) is 0.165. The average Bonchev–Trinajstić information content (AvgIpc) is 3.65. The number of rotatable bonds is 4. The van der Waals surface area contributed by atoms with Gasteiger partial charge in [0.15, 0.2) is 0 Å². The summed E-state index contributed by atoms with van der Waals surface area (Å²) in [5.74, 6) is 0. The van der Waals surface area contributed by atoms with Crippen molar-refractivity contribution in [1.29, 1.82) is 0 Å². The van der Waals surface area contributed by atoms with Gasteiger partial charge in [0, 0.05) is 36.2 Å². The number of fused-ring (bicyclic) bond motifs is 10. The molecule has 0 radical (unpaired) electrons. The van der Waals surface area contributed by atoms with Crippen LogP contribution in [0.2, 0.25) is 0 Å². The number of nitrogens with zero attached hydrogens (tertiary/aromatic N) is 6. The van der Waals surface area contributed by atoms with Gasteiger partial charge in [-0.05, 0) is 118 Å². The molecule has 9 aromatic carbocycles. The van der Waals surface area contributed by atoms with E-state index in [1.807, 2.05) is 12.1 Å². The summed E-state index contributed by atoms with van der Waals surface area (Å²) in [6, 6.07) is 63.3. The fraction of sp³-hybridized carbons (Fsp3) is 0.0385. The topological polar surface area (TPSA) is 71.8 Å². The first-order chi connectivity index (χ1) is 29.8. The molecule has 0 aliphatic carbocycles. The van der Waals surface area contributed by atoms with E-state index in [-0.39, 0.29) is 0 Å². The van der Waals surface area contributed by atoms with Crippen LogP contribution in [-0.2, 0) is 10.2 Å². The molecule has 12 rings (SSSR count). The Hall–Kier alpha value is -7.75. The summed E-state index contributed by atoms with van der Waals surface area (Å²) in [7, 11) is 0.157. The van der Waals surface area contributed by atoms with E-state index >= 15 is 0 Å². The summed E-state index contributed by atoms with van der Waals surface area (Å²) in [6.07, 6.45) is 0. The Labute approximate surface area is 353 Å². The third-order valence-electron chi connectivity index (χ3n) is 12.3. The van der Waals surface area contributed by atoms with Crippen LogP contribution >= 0.6 is 0 Å². The Morgan fingerprint density at radius 2 is 0.639 bits per heavy atom. The van der Waals surface area contributed by atoms with Crippen LogP contribution < -0.4 is 30.3 Å². The van der Waals surface area contributed by atoms with Crippen molar-refractivity contribution in [2.75, 3.05) is 33.7 Å². The van der Waals surface area contributed by atoms with Gasteiger partial charge in [-0.1, -0.05) is 97.1 Å². The first kappa shape index (κ1) is 35.2. The van der Waals surface area contributed by atoms with Gasteiger partial charge in [-0.25, -0.2) is 0 Å². The molecule has 9 aromatic rings. The summed E-state index contributed by atoms with van der Waals surface area (Å²) in [5.41, 5.74) is 15.0. The second-order valence-electron chi connectivity index (χ2n) is 15.7. The molecule has 0 atom stereocenters. The lowest BCUT2D eigenvalue weighted by Crippen LogP contribution is -2.24. The first-order valence-corrected chi connectivity index (χ1v) is 21.6. The van der Waals surface area contributed by atoms with Crippen LogP contribution in [0.4, 0.5) is 56.9 Å². The summed E-state index contributed by atoms with van der Waals surface area (Å²) >= 11 is 0. The maximum Gasteiger partial charge on any atom is 0.364 e. The van der Waals surface area contributed by atoms with Gasteiger partial charge in [0.25, 0.3) is 0 Å². The van der Waals surface area contributed by atoms with E-state index in [0.717, 1.165) is 101 Å². The molecule has 0 spiro atoms. The molecule has 0 amide bonds. The molecule has 0 saturated heterocycles. The van der Waals surface area contributed by atoms with Crippen LogP contribution in [0.15, 0.2) is 191 Å². The zero-order valence-electron chi connectivity index (χ0n) is 33.2. The molecule has 3 aliphatic heterocycles. The Balaban J connectivity index is 0.920. The molecule has 3 heterocycles. The third kappa shape index (κ3) is 5.40. The largest absolute Gasteiger partial charge is 0.364 e. The second kappa shape index (κ2) is 13.1. The van der Waals surface area contributed by atoms with Crippen LogP contribution in [0.1, 0.15) is 0 Å². The molecule has 8 nitrogen and oxygen atoms in total. The van der Waals surface area contributed by atoms with E-state index in [2.05, 4.69) is 212 Å². The predicted molar refractivity (Wildman–Crippen MR) is 249 cm³/mol. The molecule has 292 valence electrons. The zero-order chi connectivity index (χ0) is 41.0. The fourth-order valence-corrected chi connectivity index (χ4v) is 10.3. The first-order valence-electron chi connectivity index (χ1n) is 20.2. The van der Waals surface area contributed by atoms with Crippen LogP contribution in [-0.4, -0.2) is 22.5 Å². The molecular formula is C52H36N6O2S. The van der Waals surface area contributed by atoms with Crippen LogP contribution in [0, 0.1) is 0 Å². The SMILES string of the molecule is CN1c2ccccc2N(c2ccc(-c3ccc4c(c3)c3c(c5cc(-c6ccc(N7c8ccccc8N(C)c8ccccc87)cc6)ccc54)=NS(=O)(=O)N=3)cc2)c2ccccc21. The second-order valence-corrected chi connectivity index (χ2v) is 16.9. The Morgan fingerprint density at radius 1 is 0.344 bits per heavy atom. The van der Waals surface area contributed by atoms with Crippen molar-refractivity contribution in [3.8, 4) is 22.3 Å². The lowest BCUT2D eigenvalue weighted by molar-refractivity contribution is 0.599. The highest BCUT2D eigenvalue weighted by Gasteiger charge is 2.29. The van der Waals surface area contributed by atoms with Crippen molar-refractivity contribution >= 4 is 88.6 Å². The van der Waals surface area contributed by atoms with Crippen molar-refractivity contribution < 1.29 is 8.42 Å². The maximum atomic E-state index is 13.1. The molecule has 61 heavy (non-hydrogen) atoms. The highest BCUT2D eigenvalue weighted by atomic mass is 32.2.